The fourth-order valence-electron chi connectivity index (χ4n) is 0.391. The SMILES string of the molecule is [CH2]c1cc(Br)c(Br)s1. The Kier molecular flexibility index (Phi) is 2.12. The van der Waals surface area contributed by atoms with Gasteiger partial charge >= 0.3 is 0 Å². The van der Waals surface area contributed by atoms with Crippen molar-refractivity contribution < 1.29 is 0 Å². The maximum Gasteiger partial charge on any atom is 0.0843 e. The van der Waals surface area contributed by atoms with Crippen molar-refractivity contribution in [3.05, 3.63) is 26.1 Å². The largest absolute Gasteiger partial charge is 0.132 e. The molecular weight excluding hydrogens is 252 g/mol. The van der Waals surface area contributed by atoms with Gasteiger partial charge < -0.3 is 0 Å². The molecule has 1 aromatic heterocycles. The maximum atomic E-state index is 3.76. The first-order valence-corrected chi connectivity index (χ1v) is 4.37. The van der Waals surface area contributed by atoms with Gasteiger partial charge in [-0.3, -0.25) is 0 Å². The molecule has 0 fully saturated rings. The van der Waals surface area contributed by atoms with Crippen LogP contribution in [0.3, 0.4) is 0 Å². The standard InChI is InChI=1S/C5H3Br2S/c1-3-2-4(6)5(7)8-3/h2H,1H2. The summed E-state index contributed by atoms with van der Waals surface area (Å²) >= 11 is 8.32. The zero-order valence-corrected chi connectivity index (χ0v) is 7.94. The molecule has 0 aliphatic carbocycles. The van der Waals surface area contributed by atoms with E-state index in [-0.39, 0.29) is 0 Å². The van der Waals surface area contributed by atoms with Crippen LogP contribution in [-0.2, 0) is 0 Å². The molecule has 0 unspecified atom stereocenters. The third kappa shape index (κ3) is 1.33. The number of hydrogen-bond acceptors (Lipinski definition) is 1. The van der Waals surface area contributed by atoms with Crippen molar-refractivity contribution in [2.24, 2.45) is 0 Å². The molecule has 1 rings (SSSR count). The van der Waals surface area contributed by atoms with Crippen molar-refractivity contribution in [1.82, 2.24) is 0 Å². The monoisotopic (exact) mass is 253 g/mol. The molecule has 3 heteroatoms. The van der Waals surface area contributed by atoms with Gasteiger partial charge in [-0.1, -0.05) is 0 Å². The molecule has 0 aliphatic rings. The molecule has 8 heavy (non-hydrogen) atoms. The first-order valence-electron chi connectivity index (χ1n) is 1.97. The van der Waals surface area contributed by atoms with Gasteiger partial charge in [-0.15, -0.1) is 11.3 Å². The average molecular weight is 255 g/mol. The van der Waals surface area contributed by atoms with Crippen molar-refractivity contribution in [2.45, 2.75) is 0 Å². The predicted molar refractivity (Wildman–Crippen MR) is 44.2 cm³/mol. The van der Waals surface area contributed by atoms with Crippen LogP contribution >= 0.6 is 43.2 Å². The highest BCUT2D eigenvalue weighted by Gasteiger charge is 1.97. The molecule has 0 nitrogen and oxygen atoms in total. The second-order valence-corrected chi connectivity index (χ2v) is 4.64. The van der Waals surface area contributed by atoms with Crippen LogP contribution < -0.4 is 0 Å². The van der Waals surface area contributed by atoms with Gasteiger partial charge in [0.2, 0.25) is 0 Å². The Morgan fingerprint density at radius 1 is 1.50 bits per heavy atom. The van der Waals surface area contributed by atoms with Crippen LogP contribution in [0, 0.1) is 6.92 Å². The number of hydrogen-bond donors (Lipinski definition) is 0. The molecule has 0 bridgehead atoms. The molecule has 43 valence electrons. The van der Waals surface area contributed by atoms with Gasteiger partial charge in [0.1, 0.15) is 0 Å². The zero-order valence-electron chi connectivity index (χ0n) is 3.95. The Hall–Kier alpha value is 0.660. The fourth-order valence-corrected chi connectivity index (χ4v) is 2.36. The van der Waals surface area contributed by atoms with E-state index in [4.69, 9.17) is 0 Å². The molecule has 1 radical (unpaired) electrons. The van der Waals surface area contributed by atoms with Crippen molar-refractivity contribution in [3.63, 3.8) is 0 Å². The van der Waals surface area contributed by atoms with E-state index in [1.807, 2.05) is 6.07 Å². The predicted octanol–water partition coefficient (Wildman–Crippen LogP) is 3.46. The summed E-state index contributed by atoms with van der Waals surface area (Å²) < 4.78 is 2.20. The van der Waals surface area contributed by atoms with E-state index in [0.29, 0.717) is 0 Å². The van der Waals surface area contributed by atoms with Crippen LogP contribution in [0.15, 0.2) is 14.3 Å². The number of halogens is 2. The summed E-state index contributed by atoms with van der Waals surface area (Å²) in [6, 6.07) is 1.98. The average Bonchev–Trinajstić information content (AvgIpc) is 1.85. The van der Waals surface area contributed by atoms with Crippen LogP contribution in [0.1, 0.15) is 4.88 Å². The smallest absolute Gasteiger partial charge is 0.0843 e. The van der Waals surface area contributed by atoms with Crippen molar-refractivity contribution >= 4 is 43.2 Å². The summed E-state index contributed by atoms with van der Waals surface area (Å²) in [5.41, 5.74) is 0. The summed E-state index contributed by atoms with van der Waals surface area (Å²) in [7, 11) is 0. The van der Waals surface area contributed by atoms with E-state index in [1.54, 1.807) is 11.3 Å². The van der Waals surface area contributed by atoms with Gasteiger partial charge in [-0.25, -0.2) is 0 Å². The third-order valence-electron chi connectivity index (χ3n) is 0.696. The second-order valence-electron chi connectivity index (χ2n) is 1.33. The lowest BCUT2D eigenvalue weighted by Gasteiger charge is -1.74. The Bertz CT molecular complexity index is 173. The summed E-state index contributed by atoms with van der Waals surface area (Å²) in [6.45, 7) is 3.76. The third-order valence-corrected chi connectivity index (χ3v) is 3.81. The zero-order chi connectivity index (χ0) is 6.15. The maximum absolute atomic E-state index is 3.76. The first kappa shape index (κ1) is 6.78. The summed E-state index contributed by atoms with van der Waals surface area (Å²) in [4.78, 5) is 1.07. The van der Waals surface area contributed by atoms with E-state index in [2.05, 4.69) is 38.8 Å². The highest BCUT2D eigenvalue weighted by atomic mass is 79.9. The van der Waals surface area contributed by atoms with E-state index >= 15 is 0 Å². The van der Waals surface area contributed by atoms with Gasteiger partial charge in [0, 0.05) is 9.35 Å². The van der Waals surface area contributed by atoms with Gasteiger partial charge in [0.25, 0.3) is 0 Å². The minimum absolute atomic E-state index is 1.07. The van der Waals surface area contributed by atoms with Crippen LogP contribution in [0.25, 0.3) is 0 Å². The highest BCUT2D eigenvalue weighted by Crippen LogP contribution is 2.31. The molecule has 0 amide bonds. The number of rotatable bonds is 0. The minimum Gasteiger partial charge on any atom is -0.132 e. The lowest BCUT2D eigenvalue weighted by molar-refractivity contribution is 1.79. The number of thiophene rings is 1. The van der Waals surface area contributed by atoms with Gasteiger partial charge in [0.15, 0.2) is 0 Å². The molecule has 0 saturated heterocycles. The second kappa shape index (κ2) is 2.50. The van der Waals surface area contributed by atoms with Crippen LogP contribution in [0.5, 0.6) is 0 Å². The van der Waals surface area contributed by atoms with Crippen molar-refractivity contribution in [3.8, 4) is 0 Å². The topological polar surface area (TPSA) is 0 Å². The Morgan fingerprint density at radius 3 is 2.25 bits per heavy atom. The molecule has 1 aromatic rings. The Morgan fingerprint density at radius 2 is 2.12 bits per heavy atom. The van der Waals surface area contributed by atoms with Crippen LogP contribution in [-0.4, -0.2) is 0 Å². The quantitative estimate of drug-likeness (QED) is 0.665. The minimum atomic E-state index is 1.07. The van der Waals surface area contributed by atoms with Crippen molar-refractivity contribution in [1.29, 1.82) is 0 Å². The van der Waals surface area contributed by atoms with Crippen LogP contribution in [0.4, 0.5) is 0 Å². The normalized spacial score (nSPS) is 9.88. The van der Waals surface area contributed by atoms with Gasteiger partial charge in [-0.05, 0) is 44.8 Å². The van der Waals surface area contributed by atoms with Gasteiger partial charge in [0.05, 0.1) is 3.79 Å². The van der Waals surface area contributed by atoms with Gasteiger partial charge in [-0.2, -0.15) is 0 Å². The fraction of sp³-hybridized carbons (Fsp3) is 0. The lowest BCUT2D eigenvalue weighted by Crippen LogP contribution is -1.48. The highest BCUT2D eigenvalue weighted by molar-refractivity contribution is 9.13. The van der Waals surface area contributed by atoms with E-state index in [0.717, 1.165) is 13.1 Å². The molecule has 0 aliphatic heterocycles. The molecule has 0 aromatic carbocycles. The van der Waals surface area contributed by atoms with Crippen molar-refractivity contribution in [2.75, 3.05) is 0 Å². The molecule has 0 saturated carbocycles. The molecule has 0 spiro atoms. The Balaban J connectivity index is 3.14. The van der Waals surface area contributed by atoms with E-state index in [9.17, 15) is 0 Å². The Labute approximate surface area is 69.2 Å². The lowest BCUT2D eigenvalue weighted by atomic mass is 10.5. The molecule has 0 atom stereocenters. The van der Waals surface area contributed by atoms with E-state index < -0.39 is 0 Å². The molecule has 0 N–H and O–H groups in total. The summed E-state index contributed by atoms with van der Waals surface area (Å²) in [6.07, 6.45) is 0. The van der Waals surface area contributed by atoms with Crippen LogP contribution in [0.2, 0.25) is 0 Å². The summed E-state index contributed by atoms with van der Waals surface area (Å²) in [5, 5.41) is 0. The molecule has 1 heterocycles. The summed E-state index contributed by atoms with van der Waals surface area (Å²) in [5.74, 6) is 0. The molecular formula is C5H3Br2S. The van der Waals surface area contributed by atoms with E-state index in [1.165, 1.54) is 0 Å². The first-order chi connectivity index (χ1) is 3.70.